The highest BCUT2D eigenvalue weighted by Crippen LogP contribution is 2.07. The van der Waals surface area contributed by atoms with Crippen molar-refractivity contribution in [3.05, 3.63) is 48.0 Å². The molecule has 1 rings (SSSR count). The summed E-state index contributed by atoms with van der Waals surface area (Å²) < 4.78 is 4.81. The van der Waals surface area contributed by atoms with E-state index in [1.807, 2.05) is 32.0 Å². The molecule has 0 spiro atoms. The van der Waals surface area contributed by atoms with Crippen LogP contribution in [0.4, 0.5) is 0 Å². The normalized spacial score (nSPS) is 13.8. The molecule has 0 unspecified atom stereocenters. The Morgan fingerprint density at radius 3 is 2.50 bits per heavy atom. The monoisotopic (exact) mass is 275 g/mol. The molecule has 4 nitrogen and oxygen atoms in total. The Bertz CT molecular complexity index is 468. The summed E-state index contributed by atoms with van der Waals surface area (Å²) in [5.74, 6) is -0.442. The van der Waals surface area contributed by atoms with E-state index in [1.54, 1.807) is 25.1 Å². The molecule has 0 heterocycles. The number of hydrogen-bond acceptors (Lipinski definition) is 3. The van der Waals surface area contributed by atoms with Crippen LogP contribution in [0.5, 0.6) is 0 Å². The predicted octanol–water partition coefficient (Wildman–Crippen LogP) is 2.56. The molecule has 1 aromatic carbocycles. The molecule has 1 aromatic rings. The van der Waals surface area contributed by atoms with Crippen molar-refractivity contribution in [1.29, 1.82) is 0 Å². The molecule has 1 amide bonds. The first-order valence-electron chi connectivity index (χ1n) is 6.75. The summed E-state index contributed by atoms with van der Waals surface area (Å²) in [6, 6.07) is 8.97. The van der Waals surface area contributed by atoms with Gasteiger partial charge in [0.25, 0.3) is 5.91 Å². The summed E-state index contributed by atoms with van der Waals surface area (Å²) >= 11 is 0. The van der Waals surface area contributed by atoms with E-state index >= 15 is 0 Å². The van der Waals surface area contributed by atoms with Crippen molar-refractivity contribution < 1.29 is 14.3 Å². The van der Waals surface area contributed by atoms with Gasteiger partial charge in [0.15, 0.2) is 0 Å². The number of ether oxygens (including phenoxy) is 1. The Morgan fingerprint density at radius 1 is 1.25 bits per heavy atom. The fourth-order valence-electron chi connectivity index (χ4n) is 1.60. The van der Waals surface area contributed by atoms with Crippen LogP contribution >= 0.6 is 0 Å². The number of esters is 1. The summed E-state index contributed by atoms with van der Waals surface area (Å²) in [4.78, 5) is 23.2. The molecule has 0 saturated carbocycles. The van der Waals surface area contributed by atoms with Crippen molar-refractivity contribution in [2.24, 2.45) is 5.92 Å². The molecule has 108 valence electrons. The molecular formula is C16H21NO3. The van der Waals surface area contributed by atoms with Crippen LogP contribution in [0.25, 0.3) is 0 Å². The fraction of sp³-hybridized carbons (Fsp3) is 0.375. The summed E-state index contributed by atoms with van der Waals surface area (Å²) in [7, 11) is 0. The molecular weight excluding hydrogens is 254 g/mol. The van der Waals surface area contributed by atoms with Crippen LogP contribution in [0, 0.1) is 5.92 Å². The van der Waals surface area contributed by atoms with Crippen molar-refractivity contribution in [3.8, 4) is 0 Å². The average Bonchev–Trinajstić information content (AvgIpc) is 2.45. The Hall–Kier alpha value is -2.10. The quantitative estimate of drug-likeness (QED) is 0.641. The number of amides is 1. The van der Waals surface area contributed by atoms with Crippen LogP contribution in [0.1, 0.15) is 31.1 Å². The van der Waals surface area contributed by atoms with Crippen LogP contribution in [-0.4, -0.2) is 24.5 Å². The molecule has 0 aliphatic heterocycles. The SMILES string of the molecule is CCOC(=O)/C=C/[C@H](C)[C@@H](C)NC(=O)c1ccccc1. The van der Waals surface area contributed by atoms with Crippen LogP contribution in [0.3, 0.4) is 0 Å². The van der Waals surface area contributed by atoms with Crippen molar-refractivity contribution in [2.45, 2.75) is 26.8 Å². The molecule has 1 N–H and O–H groups in total. The van der Waals surface area contributed by atoms with Gasteiger partial charge in [0.05, 0.1) is 6.61 Å². The van der Waals surface area contributed by atoms with E-state index in [0.29, 0.717) is 12.2 Å². The molecule has 0 aliphatic carbocycles. The highest BCUT2D eigenvalue weighted by Gasteiger charge is 2.13. The van der Waals surface area contributed by atoms with Gasteiger partial charge >= 0.3 is 5.97 Å². The van der Waals surface area contributed by atoms with Gasteiger partial charge in [0.2, 0.25) is 0 Å². The zero-order valence-corrected chi connectivity index (χ0v) is 12.1. The fourth-order valence-corrected chi connectivity index (χ4v) is 1.60. The van der Waals surface area contributed by atoms with Gasteiger partial charge in [-0.2, -0.15) is 0 Å². The lowest BCUT2D eigenvalue weighted by molar-refractivity contribution is -0.137. The van der Waals surface area contributed by atoms with E-state index in [9.17, 15) is 9.59 Å². The highest BCUT2D eigenvalue weighted by molar-refractivity contribution is 5.94. The Kier molecular flexibility index (Phi) is 6.50. The minimum absolute atomic E-state index is 0.0343. The lowest BCUT2D eigenvalue weighted by Gasteiger charge is -2.18. The van der Waals surface area contributed by atoms with Crippen LogP contribution in [0.2, 0.25) is 0 Å². The van der Waals surface area contributed by atoms with E-state index < -0.39 is 0 Å². The molecule has 0 bridgehead atoms. The minimum atomic E-state index is -0.360. The van der Waals surface area contributed by atoms with Gasteiger partial charge in [-0.25, -0.2) is 4.79 Å². The maximum atomic E-state index is 12.0. The molecule has 0 aromatic heterocycles. The van der Waals surface area contributed by atoms with Gasteiger partial charge in [-0.15, -0.1) is 0 Å². The van der Waals surface area contributed by atoms with Gasteiger partial charge in [0, 0.05) is 17.7 Å². The molecule has 0 fully saturated rings. The third-order valence-electron chi connectivity index (χ3n) is 3.01. The number of benzene rings is 1. The van der Waals surface area contributed by atoms with Crippen molar-refractivity contribution in [1.82, 2.24) is 5.32 Å². The maximum Gasteiger partial charge on any atom is 0.330 e. The third kappa shape index (κ3) is 5.26. The summed E-state index contributed by atoms with van der Waals surface area (Å²) in [6.07, 6.45) is 3.15. The largest absolute Gasteiger partial charge is 0.463 e. The number of hydrogen-bond donors (Lipinski definition) is 1. The molecule has 20 heavy (non-hydrogen) atoms. The Labute approximate surface area is 119 Å². The van der Waals surface area contributed by atoms with E-state index in [1.165, 1.54) is 6.08 Å². The number of carbonyl (C=O) groups excluding carboxylic acids is 2. The first-order chi connectivity index (χ1) is 9.54. The average molecular weight is 275 g/mol. The first kappa shape index (κ1) is 16.0. The third-order valence-corrected chi connectivity index (χ3v) is 3.01. The number of nitrogens with one attached hydrogen (secondary N) is 1. The molecule has 2 atom stereocenters. The topological polar surface area (TPSA) is 55.4 Å². The Balaban J connectivity index is 2.51. The van der Waals surface area contributed by atoms with E-state index in [4.69, 9.17) is 4.74 Å². The molecule has 0 saturated heterocycles. The highest BCUT2D eigenvalue weighted by atomic mass is 16.5. The zero-order valence-electron chi connectivity index (χ0n) is 12.1. The summed E-state index contributed by atoms with van der Waals surface area (Å²) in [5.41, 5.74) is 0.626. The first-order valence-corrected chi connectivity index (χ1v) is 6.75. The Morgan fingerprint density at radius 2 is 1.90 bits per heavy atom. The second kappa shape index (κ2) is 8.15. The van der Waals surface area contributed by atoms with E-state index in [2.05, 4.69) is 5.32 Å². The zero-order chi connectivity index (χ0) is 15.0. The van der Waals surface area contributed by atoms with E-state index in [-0.39, 0.29) is 23.8 Å². The van der Waals surface area contributed by atoms with E-state index in [0.717, 1.165) is 0 Å². The van der Waals surface area contributed by atoms with Crippen LogP contribution < -0.4 is 5.32 Å². The van der Waals surface area contributed by atoms with Gasteiger partial charge in [-0.1, -0.05) is 31.2 Å². The lowest BCUT2D eigenvalue weighted by Crippen LogP contribution is -2.36. The van der Waals surface area contributed by atoms with Crippen molar-refractivity contribution in [3.63, 3.8) is 0 Å². The second-order valence-corrected chi connectivity index (χ2v) is 4.60. The van der Waals surface area contributed by atoms with Crippen molar-refractivity contribution in [2.75, 3.05) is 6.61 Å². The number of carbonyl (C=O) groups is 2. The van der Waals surface area contributed by atoms with Crippen LogP contribution in [-0.2, 0) is 9.53 Å². The second-order valence-electron chi connectivity index (χ2n) is 4.60. The molecule has 0 radical (unpaired) electrons. The van der Waals surface area contributed by atoms with Gasteiger partial charge in [-0.3, -0.25) is 4.79 Å². The van der Waals surface area contributed by atoms with Gasteiger partial charge < -0.3 is 10.1 Å². The standard InChI is InChI=1S/C16H21NO3/c1-4-20-15(18)11-10-12(2)13(3)17-16(19)14-8-6-5-7-9-14/h5-13H,4H2,1-3H3,(H,17,19)/b11-10+/t12-,13+/m0/s1. The lowest BCUT2D eigenvalue weighted by atomic mass is 10.0. The number of rotatable bonds is 6. The van der Waals surface area contributed by atoms with Crippen LogP contribution in [0.15, 0.2) is 42.5 Å². The minimum Gasteiger partial charge on any atom is -0.463 e. The van der Waals surface area contributed by atoms with Gasteiger partial charge in [0.1, 0.15) is 0 Å². The summed E-state index contributed by atoms with van der Waals surface area (Å²) in [6.45, 7) is 5.96. The smallest absolute Gasteiger partial charge is 0.330 e. The molecule has 0 aliphatic rings. The summed E-state index contributed by atoms with van der Waals surface area (Å²) in [5, 5.41) is 2.91. The predicted molar refractivity (Wildman–Crippen MR) is 78.3 cm³/mol. The van der Waals surface area contributed by atoms with Crippen molar-refractivity contribution >= 4 is 11.9 Å². The maximum absolute atomic E-state index is 12.0. The molecule has 4 heteroatoms. The van der Waals surface area contributed by atoms with Gasteiger partial charge in [-0.05, 0) is 31.9 Å².